The van der Waals surface area contributed by atoms with Crippen LogP contribution in [0.25, 0.3) is 0 Å². The van der Waals surface area contributed by atoms with Gasteiger partial charge in [-0.15, -0.1) is 0 Å². The van der Waals surface area contributed by atoms with E-state index >= 15 is 0 Å². The molecule has 1 amide bonds. The number of carbonyl (C=O) groups excluding carboxylic acids is 1. The summed E-state index contributed by atoms with van der Waals surface area (Å²) in [6.07, 6.45) is 0. The molecule has 1 aliphatic heterocycles. The van der Waals surface area contributed by atoms with Crippen LogP contribution in [0.1, 0.15) is 0 Å². The highest BCUT2D eigenvalue weighted by molar-refractivity contribution is 7.17. The number of hydrogen-bond donors (Lipinski definition) is 1. The third-order valence-corrected chi connectivity index (χ3v) is 4.08. The summed E-state index contributed by atoms with van der Waals surface area (Å²) >= 11 is 7.24. The van der Waals surface area contributed by atoms with E-state index in [1.165, 1.54) is 11.3 Å². The Kier molecular flexibility index (Phi) is 5.45. The first-order valence-electron chi connectivity index (χ1n) is 6.09. The number of ether oxygens (including phenoxy) is 2. The highest BCUT2D eigenvalue weighted by Crippen LogP contribution is 2.28. The molecule has 1 N–H and O–H groups in total. The zero-order chi connectivity index (χ0) is 13.7. The molecular formula is C12H17ClN2O3S. The number of thiophene rings is 1. The smallest absolute Gasteiger partial charge is 0.239 e. The van der Waals surface area contributed by atoms with E-state index in [9.17, 15) is 4.79 Å². The lowest BCUT2D eigenvalue weighted by atomic mass is 10.2. The molecule has 1 saturated heterocycles. The fourth-order valence-electron chi connectivity index (χ4n) is 2.01. The molecule has 19 heavy (non-hydrogen) atoms. The van der Waals surface area contributed by atoms with Crippen LogP contribution in [0.15, 0.2) is 12.1 Å². The molecule has 2 heterocycles. The Labute approximate surface area is 121 Å². The Morgan fingerprint density at radius 2 is 2.42 bits per heavy atom. The van der Waals surface area contributed by atoms with E-state index in [1.54, 1.807) is 7.11 Å². The van der Waals surface area contributed by atoms with E-state index in [-0.39, 0.29) is 11.9 Å². The predicted molar refractivity (Wildman–Crippen MR) is 75.1 cm³/mol. The molecule has 1 aliphatic rings. The van der Waals surface area contributed by atoms with E-state index in [0.29, 0.717) is 30.6 Å². The maximum atomic E-state index is 11.7. The Balaban J connectivity index is 1.81. The largest absolute Gasteiger partial charge is 0.483 e. The van der Waals surface area contributed by atoms with Crippen molar-refractivity contribution in [2.24, 2.45) is 0 Å². The second-order valence-corrected chi connectivity index (χ2v) is 5.88. The van der Waals surface area contributed by atoms with E-state index in [1.807, 2.05) is 12.1 Å². The molecular weight excluding hydrogens is 288 g/mol. The number of amides is 1. The zero-order valence-electron chi connectivity index (χ0n) is 10.7. The minimum Gasteiger partial charge on any atom is -0.483 e. The van der Waals surface area contributed by atoms with Gasteiger partial charge in [-0.25, -0.2) is 0 Å². The fraction of sp³-hybridized carbons (Fsp3) is 0.583. The standard InChI is InChI=1S/C12H17ClN2O3S/c1-17-8-9-12(16)14-4-5-15(9)6-7-18-11-3-2-10(13)19-11/h2-3,9H,4-8H2,1H3,(H,14,16). The van der Waals surface area contributed by atoms with Gasteiger partial charge >= 0.3 is 0 Å². The lowest BCUT2D eigenvalue weighted by Crippen LogP contribution is -2.57. The molecule has 5 nitrogen and oxygen atoms in total. The number of nitrogens with one attached hydrogen (secondary N) is 1. The van der Waals surface area contributed by atoms with E-state index in [0.717, 1.165) is 11.6 Å². The average molecular weight is 305 g/mol. The molecule has 106 valence electrons. The third-order valence-electron chi connectivity index (χ3n) is 2.94. The van der Waals surface area contributed by atoms with Crippen LogP contribution in [-0.2, 0) is 9.53 Å². The van der Waals surface area contributed by atoms with Crippen molar-refractivity contribution < 1.29 is 14.3 Å². The van der Waals surface area contributed by atoms with E-state index in [2.05, 4.69) is 10.2 Å². The SMILES string of the molecule is COCC1C(=O)NCCN1CCOc1ccc(Cl)s1. The minimum atomic E-state index is -0.228. The van der Waals surface area contributed by atoms with Crippen molar-refractivity contribution >= 4 is 28.8 Å². The molecule has 0 aliphatic carbocycles. The Morgan fingerprint density at radius 1 is 1.58 bits per heavy atom. The molecule has 0 saturated carbocycles. The molecule has 0 radical (unpaired) electrons. The molecule has 2 rings (SSSR count). The van der Waals surface area contributed by atoms with Gasteiger partial charge in [0, 0.05) is 26.7 Å². The van der Waals surface area contributed by atoms with E-state index in [4.69, 9.17) is 21.1 Å². The molecule has 1 fully saturated rings. The molecule has 7 heteroatoms. The first-order chi connectivity index (χ1) is 9.20. The maximum absolute atomic E-state index is 11.7. The van der Waals surface area contributed by atoms with Crippen LogP contribution >= 0.6 is 22.9 Å². The predicted octanol–water partition coefficient (Wildman–Crippen LogP) is 1.23. The van der Waals surface area contributed by atoms with Gasteiger partial charge in [-0.3, -0.25) is 9.69 Å². The number of halogens is 1. The van der Waals surface area contributed by atoms with E-state index < -0.39 is 0 Å². The Morgan fingerprint density at radius 3 is 3.11 bits per heavy atom. The zero-order valence-corrected chi connectivity index (χ0v) is 12.3. The summed E-state index contributed by atoms with van der Waals surface area (Å²) in [6, 6.07) is 3.43. The van der Waals surface area contributed by atoms with Gasteiger partial charge in [0.25, 0.3) is 0 Å². The Bertz CT molecular complexity index is 427. The number of nitrogens with zero attached hydrogens (tertiary/aromatic N) is 1. The molecule has 1 aromatic rings. The summed E-state index contributed by atoms with van der Waals surface area (Å²) in [5.41, 5.74) is 0. The van der Waals surface area contributed by atoms with Gasteiger partial charge in [0.2, 0.25) is 5.91 Å². The van der Waals surface area contributed by atoms with Crippen molar-refractivity contribution in [2.45, 2.75) is 6.04 Å². The van der Waals surface area contributed by atoms with Crippen molar-refractivity contribution in [1.82, 2.24) is 10.2 Å². The summed E-state index contributed by atoms with van der Waals surface area (Å²) in [5.74, 6) is 0.0206. The first kappa shape index (κ1) is 14.6. The highest BCUT2D eigenvalue weighted by atomic mass is 35.5. The van der Waals surface area contributed by atoms with Gasteiger partial charge < -0.3 is 14.8 Å². The molecule has 1 atom stereocenters. The van der Waals surface area contributed by atoms with Gasteiger partial charge in [-0.05, 0) is 12.1 Å². The minimum absolute atomic E-state index is 0.0206. The van der Waals surface area contributed by atoms with Crippen LogP contribution in [0.4, 0.5) is 0 Å². The second kappa shape index (κ2) is 7.09. The lowest BCUT2D eigenvalue weighted by Gasteiger charge is -2.34. The van der Waals surface area contributed by atoms with Gasteiger partial charge in [-0.1, -0.05) is 22.9 Å². The molecule has 1 aromatic heterocycles. The third kappa shape index (κ3) is 4.07. The number of piperazine rings is 1. The van der Waals surface area contributed by atoms with Gasteiger partial charge in [0.1, 0.15) is 12.6 Å². The van der Waals surface area contributed by atoms with Crippen molar-refractivity contribution in [1.29, 1.82) is 0 Å². The summed E-state index contributed by atoms with van der Waals surface area (Å²) < 4.78 is 11.4. The maximum Gasteiger partial charge on any atom is 0.239 e. The quantitative estimate of drug-likeness (QED) is 0.859. The molecule has 0 bridgehead atoms. The highest BCUT2D eigenvalue weighted by Gasteiger charge is 2.29. The van der Waals surface area contributed by atoms with Crippen molar-refractivity contribution in [3.05, 3.63) is 16.5 Å². The molecule has 1 unspecified atom stereocenters. The van der Waals surface area contributed by atoms with Crippen LogP contribution in [0.2, 0.25) is 4.34 Å². The van der Waals surface area contributed by atoms with Crippen LogP contribution in [0.5, 0.6) is 5.06 Å². The second-order valence-electron chi connectivity index (χ2n) is 4.21. The number of rotatable bonds is 6. The molecule has 0 spiro atoms. The van der Waals surface area contributed by atoms with Gasteiger partial charge in [0.15, 0.2) is 5.06 Å². The average Bonchev–Trinajstić information content (AvgIpc) is 2.79. The first-order valence-corrected chi connectivity index (χ1v) is 7.29. The number of hydrogen-bond acceptors (Lipinski definition) is 5. The number of carbonyl (C=O) groups is 1. The normalized spacial score (nSPS) is 20.3. The van der Waals surface area contributed by atoms with Crippen molar-refractivity contribution in [3.8, 4) is 5.06 Å². The van der Waals surface area contributed by atoms with Crippen LogP contribution < -0.4 is 10.1 Å². The van der Waals surface area contributed by atoms with Crippen molar-refractivity contribution in [3.63, 3.8) is 0 Å². The topological polar surface area (TPSA) is 50.8 Å². The molecule has 0 aromatic carbocycles. The van der Waals surface area contributed by atoms with Gasteiger partial charge in [0.05, 0.1) is 10.9 Å². The lowest BCUT2D eigenvalue weighted by molar-refractivity contribution is -0.131. The van der Waals surface area contributed by atoms with Crippen molar-refractivity contribution in [2.75, 3.05) is 40.0 Å². The van der Waals surface area contributed by atoms with Crippen LogP contribution in [0, 0.1) is 0 Å². The Hall–Kier alpha value is -0.820. The number of methoxy groups -OCH3 is 1. The van der Waals surface area contributed by atoms with Gasteiger partial charge in [-0.2, -0.15) is 0 Å². The fourth-order valence-corrected chi connectivity index (χ4v) is 2.91. The monoisotopic (exact) mass is 304 g/mol. The summed E-state index contributed by atoms with van der Waals surface area (Å²) in [4.78, 5) is 13.8. The summed E-state index contributed by atoms with van der Waals surface area (Å²) in [7, 11) is 1.60. The summed E-state index contributed by atoms with van der Waals surface area (Å²) in [6.45, 7) is 3.11. The van der Waals surface area contributed by atoms with Crippen LogP contribution in [0.3, 0.4) is 0 Å². The summed E-state index contributed by atoms with van der Waals surface area (Å²) in [5, 5.41) is 3.64. The van der Waals surface area contributed by atoms with Crippen LogP contribution in [-0.4, -0.2) is 56.8 Å².